The number of thiazole rings is 1. The van der Waals surface area contributed by atoms with Crippen LogP contribution in [-0.4, -0.2) is 33.8 Å². The predicted molar refractivity (Wildman–Crippen MR) is 113 cm³/mol. The molecule has 0 unspecified atom stereocenters. The third-order valence-corrected chi connectivity index (χ3v) is 5.35. The van der Waals surface area contributed by atoms with Crippen LogP contribution < -0.4 is 4.74 Å². The number of benzene rings is 2. The highest BCUT2D eigenvalue weighted by molar-refractivity contribution is 7.09. The first kappa shape index (κ1) is 19.3. The molecule has 4 rings (SSSR count). The van der Waals surface area contributed by atoms with E-state index in [4.69, 9.17) is 9.84 Å². The van der Waals surface area contributed by atoms with E-state index in [0.29, 0.717) is 12.2 Å². The van der Waals surface area contributed by atoms with Crippen LogP contribution in [0.25, 0.3) is 16.9 Å². The number of nitrogens with zero attached hydrogens (tertiary/aromatic N) is 4. The van der Waals surface area contributed by atoms with Crippen LogP contribution in [-0.2, 0) is 13.1 Å². The molecule has 0 aliphatic rings. The maximum absolute atomic E-state index is 14.3. The van der Waals surface area contributed by atoms with Crippen LogP contribution in [0.1, 0.15) is 10.6 Å². The van der Waals surface area contributed by atoms with E-state index >= 15 is 0 Å². The van der Waals surface area contributed by atoms with Gasteiger partial charge in [-0.2, -0.15) is 5.10 Å². The summed E-state index contributed by atoms with van der Waals surface area (Å²) < 4.78 is 21.2. The molecule has 0 radical (unpaired) electrons. The normalized spacial score (nSPS) is 11.2. The van der Waals surface area contributed by atoms with E-state index in [-0.39, 0.29) is 5.82 Å². The molecular formula is C22H21FN4OS. The summed E-state index contributed by atoms with van der Waals surface area (Å²) in [6.45, 7) is 1.40. The zero-order chi connectivity index (χ0) is 20.2. The van der Waals surface area contributed by atoms with Crippen molar-refractivity contribution in [2.24, 2.45) is 0 Å². The molecule has 0 atom stereocenters. The molecule has 2 aromatic heterocycles. The Kier molecular flexibility index (Phi) is 5.69. The first-order valence-electron chi connectivity index (χ1n) is 9.19. The summed E-state index contributed by atoms with van der Waals surface area (Å²) in [5.41, 5.74) is 3.22. The molecule has 2 heterocycles. The molecule has 0 aliphatic carbocycles. The maximum atomic E-state index is 14.3. The molecule has 148 valence electrons. The number of hydrogen-bond acceptors (Lipinski definition) is 5. The number of methoxy groups -OCH3 is 1. The Labute approximate surface area is 173 Å². The van der Waals surface area contributed by atoms with Gasteiger partial charge in [0, 0.05) is 35.4 Å². The van der Waals surface area contributed by atoms with Crippen molar-refractivity contribution in [3.05, 3.63) is 82.7 Å². The van der Waals surface area contributed by atoms with Crippen LogP contribution in [0.5, 0.6) is 5.75 Å². The van der Waals surface area contributed by atoms with Gasteiger partial charge >= 0.3 is 0 Å². The number of rotatable bonds is 7. The van der Waals surface area contributed by atoms with Crippen LogP contribution in [0.4, 0.5) is 4.39 Å². The van der Waals surface area contributed by atoms with Crippen LogP contribution in [0.15, 0.2) is 66.3 Å². The first-order valence-corrected chi connectivity index (χ1v) is 10.1. The summed E-state index contributed by atoms with van der Waals surface area (Å²) >= 11 is 1.63. The average Bonchev–Trinajstić information content (AvgIpc) is 3.38. The Balaban J connectivity index is 1.69. The maximum Gasteiger partial charge on any atom is 0.148 e. The second kappa shape index (κ2) is 8.55. The van der Waals surface area contributed by atoms with Gasteiger partial charge in [0.1, 0.15) is 22.3 Å². The average molecular weight is 409 g/mol. The minimum Gasteiger partial charge on any atom is -0.497 e. The molecule has 0 fully saturated rings. The van der Waals surface area contributed by atoms with Crippen molar-refractivity contribution in [1.29, 1.82) is 0 Å². The zero-order valence-electron chi connectivity index (χ0n) is 16.2. The van der Waals surface area contributed by atoms with Crippen molar-refractivity contribution in [2.75, 3.05) is 14.2 Å². The van der Waals surface area contributed by atoms with E-state index < -0.39 is 0 Å². The van der Waals surface area contributed by atoms with Gasteiger partial charge in [0.2, 0.25) is 0 Å². The fourth-order valence-corrected chi connectivity index (χ4v) is 3.88. The minimum atomic E-state index is -0.307. The second-order valence-electron chi connectivity index (χ2n) is 6.73. The summed E-state index contributed by atoms with van der Waals surface area (Å²) in [4.78, 5) is 6.53. The van der Waals surface area contributed by atoms with Gasteiger partial charge in [-0.05, 0) is 43.4 Å². The van der Waals surface area contributed by atoms with Gasteiger partial charge in [-0.3, -0.25) is 4.90 Å². The third-order valence-electron chi connectivity index (χ3n) is 4.58. The van der Waals surface area contributed by atoms with Crippen LogP contribution in [0.3, 0.4) is 0 Å². The van der Waals surface area contributed by atoms with Crippen molar-refractivity contribution < 1.29 is 9.13 Å². The molecule has 0 spiro atoms. The zero-order valence-corrected chi connectivity index (χ0v) is 17.1. The van der Waals surface area contributed by atoms with Crippen LogP contribution >= 0.6 is 11.3 Å². The predicted octanol–water partition coefficient (Wildman–Crippen LogP) is 4.78. The van der Waals surface area contributed by atoms with E-state index in [1.54, 1.807) is 41.3 Å². The van der Waals surface area contributed by atoms with Crippen LogP contribution in [0, 0.1) is 5.82 Å². The highest BCUT2D eigenvalue weighted by atomic mass is 32.1. The van der Waals surface area contributed by atoms with Gasteiger partial charge in [0.15, 0.2) is 0 Å². The SMILES string of the molecule is COc1ccc(-c2nn(-c3ccccc3F)cc2CN(C)Cc2nccs2)cc1. The lowest BCUT2D eigenvalue weighted by molar-refractivity contribution is 0.319. The molecular weight excluding hydrogens is 387 g/mol. The highest BCUT2D eigenvalue weighted by Gasteiger charge is 2.16. The molecule has 4 aromatic rings. The molecule has 0 saturated heterocycles. The summed E-state index contributed by atoms with van der Waals surface area (Å²) in [6.07, 6.45) is 3.71. The van der Waals surface area contributed by atoms with Crippen LogP contribution in [0.2, 0.25) is 0 Å². The molecule has 0 aliphatic heterocycles. The molecule has 7 heteroatoms. The Bertz CT molecular complexity index is 1080. The Morgan fingerprint density at radius 1 is 1.10 bits per heavy atom. The van der Waals surface area contributed by atoms with Crippen molar-refractivity contribution in [2.45, 2.75) is 13.1 Å². The van der Waals surface area contributed by atoms with Crippen molar-refractivity contribution >= 4 is 11.3 Å². The molecule has 29 heavy (non-hydrogen) atoms. The topological polar surface area (TPSA) is 43.2 Å². The van der Waals surface area contributed by atoms with Gasteiger partial charge in [-0.1, -0.05) is 12.1 Å². The van der Waals surface area contributed by atoms with E-state index in [1.165, 1.54) is 6.07 Å². The molecule has 0 bridgehead atoms. The number of ether oxygens (including phenoxy) is 1. The van der Waals surface area contributed by atoms with Gasteiger partial charge in [0.05, 0.1) is 19.3 Å². The smallest absolute Gasteiger partial charge is 0.148 e. The number of hydrogen-bond donors (Lipinski definition) is 0. The van der Waals surface area contributed by atoms with Gasteiger partial charge in [-0.15, -0.1) is 11.3 Å². The van der Waals surface area contributed by atoms with E-state index in [1.807, 2.05) is 49.1 Å². The minimum absolute atomic E-state index is 0.307. The van der Waals surface area contributed by atoms with E-state index in [0.717, 1.165) is 34.1 Å². The van der Waals surface area contributed by atoms with Crippen molar-refractivity contribution in [3.8, 4) is 22.7 Å². The first-order chi connectivity index (χ1) is 14.1. The number of para-hydroxylation sites is 1. The molecule has 0 saturated carbocycles. The Morgan fingerprint density at radius 2 is 1.90 bits per heavy atom. The second-order valence-corrected chi connectivity index (χ2v) is 7.70. The van der Waals surface area contributed by atoms with Gasteiger partial charge in [-0.25, -0.2) is 14.1 Å². The lowest BCUT2D eigenvalue weighted by Crippen LogP contribution is -2.17. The van der Waals surface area contributed by atoms with Crippen molar-refractivity contribution in [3.63, 3.8) is 0 Å². The van der Waals surface area contributed by atoms with Gasteiger partial charge in [0.25, 0.3) is 0 Å². The molecule has 0 N–H and O–H groups in total. The third kappa shape index (κ3) is 4.36. The summed E-state index contributed by atoms with van der Waals surface area (Å²) in [6, 6.07) is 14.4. The Morgan fingerprint density at radius 3 is 2.59 bits per heavy atom. The fraction of sp³-hybridized carbons (Fsp3) is 0.182. The molecule has 5 nitrogen and oxygen atoms in total. The molecule has 2 aromatic carbocycles. The van der Waals surface area contributed by atoms with Crippen molar-refractivity contribution in [1.82, 2.24) is 19.7 Å². The summed E-state index contributed by atoms with van der Waals surface area (Å²) in [7, 11) is 3.68. The standard InChI is InChI=1S/C22H21FN4OS/c1-26(15-21-24-11-12-29-21)13-17-14-27(20-6-4-3-5-19(20)23)25-22(17)16-7-9-18(28-2)10-8-16/h3-12,14H,13,15H2,1-2H3. The monoisotopic (exact) mass is 408 g/mol. The number of aromatic nitrogens is 3. The lowest BCUT2D eigenvalue weighted by atomic mass is 10.1. The fourth-order valence-electron chi connectivity index (χ4n) is 3.19. The quantitative estimate of drug-likeness (QED) is 0.442. The molecule has 0 amide bonds. The number of halogens is 1. The lowest BCUT2D eigenvalue weighted by Gasteiger charge is -2.15. The summed E-state index contributed by atoms with van der Waals surface area (Å²) in [5, 5.41) is 7.74. The summed E-state index contributed by atoms with van der Waals surface area (Å²) in [5.74, 6) is 0.476. The largest absolute Gasteiger partial charge is 0.497 e. The highest BCUT2D eigenvalue weighted by Crippen LogP contribution is 2.27. The van der Waals surface area contributed by atoms with E-state index in [2.05, 4.69) is 9.88 Å². The van der Waals surface area contributed by atoms with E-state index in [9.17, 15) is 4.39 Å². The Hall–Kier alpha value is -3.03. The van der Waals surface area contributed by atoms with Gasteiger partial charge < -0.3 is 4.74 Å².